The van der Waals surface area contributed by atoms with E-state index >= 15 is 0 Å². The van der Waals surface area contributed by atoms with Crippen LogP contribution in [0.1, 0.15) is 51.3 Å². The van der Waals surface area contributed by atoms with Gasteiger partial charge in [-0.2, -0.15) is 0 Å². The molecule has 10 heteroatoms. The largest absolute Gasteiger partial charge is 0.493 e. The average molecular weight is 567 g/mol. The molecule has 2 heterocycles. The number of hydrogen-bond donors (Lipinski definition) is 0. The van der Waals surface area contributed by atoms with Gasteiger partial charge in [-0.05, 0) is 68.7 Å². The number of nitrogens with zero attached hydrogens (tertiary/aromatic N) is 2. The van der Waals surface area contributed by atoms with Crippen LogP contribution in [0.15, 0.2) is 58.0 Å². The molecule has 2 atom stereocenters. The summed E-state index contributed by atoms with van der Waals surface area (Å²) in [5.74, 6) is 1.75. The molecular formula is C30H34N2O7S. The third-order valence-corrected chi connectivity index (χ3v) is 7.39. The highest BCUT2D eigenvalue weighted by Crippen LogP contribution is 2.35. The number of ether oxygens (including phenoxy) is 5. The number of carbonyl (C=O) groups excluding carboxylic acids is 1. The molecule has 9 nitrogen and oxygen atoms in total. The molecule has 0 saturated heterocycles. The Balaban J connectivity index is 1.84. The summed E-state index contributed by atoms with van der Waals surface area (Å²) >= 11 is 1.24. The Morgan fingerprint density at radius 2 is 1.75 bits per heavy atom. The molecule has 0 bridgehead atoms. The van der Waals surface area contributed by atoms with E-state index in [1.165, 1.54) is 29.2 Å². The minimum atomic E-state index is -0.762. The normalized spacial score (nSPS) is 15.4. The Morgan fingerprint density at radius 3 is 2.42 bits per heavy atom. The molecule has 0 fully saturated rings. The molecule has 1 aliphatic rings. The number of aromatic nitrogens is 1. The molecule has 0 aliphatic carbocycles. The Hall–Kier alpha value is -4.05. The quantitative estimate of drug-likeness (QED) is 0.324. The number of rotatable bonds is 11. The van der Waals surface area contributed by atoms with E-state index in [9.17, 15) is 9.59 Å². The summed E-state index contributed by atoms with van der Waals surface area (Å²) in [6.07, 6.45) is 4.15. The molecule has 2 aromatic carbocycles. The molecule has 212 valence electrons. The fourth-order valence-electron chi connectivity index (χ4n) is 4.31. The zero-order chi connectivity index (χ0) is 28.8. The van der Waals surface area contributed by atoms with E-state index in [0.29, 0.717) is 51.1 Å². The molecule has 1 aromatic heterocycles. The van der Waals surface area contributed by atoms with E-state index in [4.69, 9.17) is 23.7 Å². The third-order valence-electron chi connectivity index (χ3n) is 6.40. The third kappa shape index (κ3) is 5.91. The number of hydrogen-bond acceptors (Lipinski definition) is 9. The summed E-state index contributed by atoms with van der Waals surface area (Å²) in [5, 5.41) is 0. The van der Waals surface area contributed by atoms with Crippen LogP contribution in [0.5, 0.6) is 23.0 Å². The summed E-state index contributed by atoms with van der Waals surface area (Å²) in [6.45, 7) is 8.71. The van der Waals surface area contributed by atoms with E-state index in [1.54, 1.807) is 25.3 Å². The van der Waals surface area contributed by atoms with Crippen molar-refractivity contribution >= 4 is 23.4 Å². The predicted molar refractivity (Wildman–Crippen MR) is 153 cm³/mol. The Morgan fingerprint density at radius 1 is 1.02 bits per heavy atom. The highest BCUT2D eigenvalue weighted by Gasteiger charge is 2.31. The maximum Gasteiger partial charge on any atom is 0.337 e. The van der Waals surface area contributed by atoms with Crippen molar-refractivity contribution in [3.8, 4) is 23.0 Å². The van der Waals surface area contributed by atoms with Gasteiger partial charge in [0.1, 0.15) is 0 Å². The highest BCUT2D eigenvalue weighted by atomic mass is 32.1. The molecule has 3 aromatic rings. The first-order chi connectivity index (χ1) is 19.3. The van der Waals surface area contributed by atoms with Crippen molar-refractivity contribution < 1.29 is 28.5 Å². The first-order valence-corrected chi connectivity index (χ1v) is 14.0. The lowest BCUT2D eigenvalue weighted by Gasteiger charge is -2.23. The minimum Gasteiger partial charge on any atom is -0.493 e. The van der Waals surface area contributed by atoms with Gasteiger partial charge in [0.15, 0.2) is 27.8 Å². The SMILES string of the molecule is CCOc1ccc([C@@H]2C(C(=O)OC)=CN=c3s/c(=C\c4ccc(O[C@@H](C)CC)c(OC)c4)c(=O)n32)cc1OCC. The van der Waals surface area contributed by atoms with E-state index in [2.05, 4.69) is 11.9 Å². The van der Waals surface area contributed by atoms with Crippen LogP contribution in [0.4, 0.5) is 0 Å². The van der Waals surface area contributed by atoms with Crippen molar-refractivity contribution in [3.63, 3.8) is 0 Å². The van der Waals surface area contributed by atoms with E-state index in [0.717, 1.165) is 12.0 Å². The number of carbonyl (C=O) groups is 1. The van der Waals surface area contributed by atoms with Crippen molar-refractivity contribution in [1.82, 2.24) is 4.57 Å². The second-order valence-electron chi connectivity index (χ2n) is 9.00. The van der Waals surface area contributed by atoms with Gasteiger partial charge in [-0.15, -0.1) is 0 Å². The van der Waals surface area contributed by atoms with Crippen LogP contribution < -0.4 is 33.8 Å². The molecule has 0 unspecified atom stereocenters. The first-order valence-electron chi connectivity index (χ1n) is 13.2. The van der Waals surface area contributed by atoms with Gasteiger partial charge in [-0.25, -0.2) is 9.79 Å². The van der Waals surface area contributed by atoms with Crippen molar-refractivity contribution in [2.75, 3.05) is 27.4 Å². The maximum absolute atomic E-state index is 13.8. The van der Waals surface area contributed by atoms with Gasteiger partial charge in [0, 0.05) is 6.20 Å². The van der Waals surface area contributed by atoms with Crippen LogP contribution in [-0.2, 0) is 9.53 Å². The lowest BCUT2D eigenvalue weighted by atomic mass is 9.97. The molecule has 4 rings (SSSR count). The summed E-state index contributed by atoms with van der Waals surface area (Å²) < 4.78 is 30.0. The van der Waals surface area contributed by atoms with Gasteiger partial charge in [0.2, 0.25) is 0 Å². The monoisotopic (exact) mass is 566 g/mol. The molecule has 0 amide bonds. The molecule has 0 spiro atoms. The Labute approximate surface area is 236 Å². The molecule has 1 aliphatic heterocycles. The second-order valence-corrected chi connectivity index (χ2v) is 10.0. The lowest BCUT2D eigenvalue weighted by Crippen LogP contribution is -2.39. The summed E-state index contributed by atoms with van der Waals surface area (Å²) in [6, 6.07) is 10.2. The van der Waals surface area contributed by atoms with Crippen LogP contribution >= 0.6 is 11.3 Å². The van der Waals surface area contributed by atoms with Gasteiger partial charge in [-0.1, -0.05) is 30.4 Å². The summed E-state index contributed by atoms with van der Waals surface area (Å²) in [7, 11) is 2.88. The van der Waals surface area contributed by atoms with Gasteiger partial charge in [-0.3, -0.25) is 9.36 Å². The predicted octanol–water partition coefficient (Wildman–Crippen LogP) is 4.00. The molecular weight excluding hydrogens is 532 g/mol. The van der Waals surface area contributed by atoms with Gasteiger partial charge >= 0.3 is 5.97 Å². The van der Waals surface area contributed by atoms with Crippen molar-refractivity contribution in [2.45, 2.75) is 46.3 Å². The van der Waals surface area contributed by atoms with E-state index < -0.39 is 12.0 Å². The van der Waals surface area contributed by atoms with Crippen LogP contribution in [-0.4, -0.2) is 44.1 Å². The van der Waals surface area contributed by atoms with Crippen molar-refractivity contribution in [1.29, 1.82) is 0 Å². The smallest absolute Gasteiger partial charge is 0.337 e. The zero-order valence-corrected chi connectivity index (χ0v) is 24.4. The van der Waals surface area contributed by atoms with Gasteiger partial charge in [0.25, 0.3) is 5.56 Å². The number of esters is 1. The minimum absolute atomic E-state index is 0.0401. The topological polar surface area (TPSA) is 97.6 Å². The standard InChI is InChI=1S/C30H34N2O7S/c1-7-18(4)39-23-12-10-19(14-24(23)35-5)15-26-28(33)32-27(21(29(34)36-6)17-31-30(32)40-26)20-11-13-22(37-8-2)25(16-20)38-9-3/h10-18,27H,7-9H2,1-6H3/b26-15-/t18-,27+/m0/s1. The summed E-state index contributed by atoms with van der Waals surface area (Å²) in [4.78, 5) is 31.5. The highest BCUT2D eigenvalue weighted by molar-refractivity contribution is 7.07. The first kappa shape index (κ1) is 28.9. The number of benzene rings is 2. The molecule has 40 heavy (non-hydrogen) atoms. The lowest BCUT2D eigenvalue weighted by molar-refractivity contribution is -0.136. The van der Waals surface area contributed by atoms with Gasteiger partial charge in [0.05, 0.1) is 49.7 Å². The molecule has 0 N–H and O–H groups in total. The summed E-state index contributed by atoms with van der Waals surface area (Å²) in [5.41, 5.74) is 1.39. The fourth-order valence-corrected chi connectivity index (χ4v) is 5.28. The van der Waals surface area contributed by atoms with Crippen LogP contribution in [0.2, 0.25) is 0 Å². The van der Waals surface area contributed by atoms with Crippen LogP contribution in [0.3, 0.4) is 0 Å². The Bertz CT molecular complexity index is 1590. The number of methoxy groups -OCH3 is 2. The van der Waals surface area contributed by atoms with Crippen molar-refractivity contribution in [2.24, 2.45) is 4.99 Å². The fraction of sp³-hybridized carbons (Fsp3) is 0.367. The second kappa shape index (κ2) is 12.9. The molecule has 0 saturated carbocycles. The average Bonchev–Trinajstić information content (AvgIpc) is 3.28. The maximum atomic E-state index is 13.8. The van der Waals surface area contributed by atoms with Crippen molar-refractivity contribution in [3.05, 3.63) is 79.0 Å². The van der Waals surface area contributed by atoms with Crippen LogP contribution in [0, 0.1) is 0 Å². The number of fused-ring (bicyclic) bond motifs is 1. The van der Waals surface area contributed by atoms with Gasteiger partial charge < -0.3 is 23.7 Å². The van der Waals surface area contributed by atoms with E-state index in [1.807, 2.05) is 45.0 Å². The number of thiazole rings is 1. The van der Waals surface area contributed by atoms with E-state index in [-0.39, 0.29) is 17.2 Å². The zero-order valence-electron chi connectivity index (χ0n) is 23.6. The van der Waals surface area contributed by atoms with Crippen LogP contribution in [0.25, 0.3) is 6.08 Å². The molecule has 0 radical (unpaired) electrons. The Kier molecular flexibility index (Phi) is 9.31.